The van der Waals surface area contributed by atoms with Crippen molar-refractivity contribution in [3.8, 4) is 11.3 Å². The highest BCUT2D eigenvalue weighted by Gasteiger charge is 2.20. The maximum Gasteiger partial charge on any atom is 0.349 e. The average Bonchev–Trinajstić information content (AvgIpc) is 3.14. The van der Waals surface area contributed by atoms with Gasteiger partial charge in [0.05, 0.1) is 0 Å². The molecule has 3 heterocycles. The number of carbonyl (C=O) groups is 1. The highest BCUT2D eigenvalue weighted by Crippen LogP contribution is 2.30. The maximum absolute atomic E-state index is 13.1. The number of aromatic nitrogens is 2. The molecule has 0 radical (unpaired) electrons. The molecule has 1 amide bonds. The summed E-state index contributed by atoms with van der Waals surface area (Å²) in [6, 6.07) is 20.2. The lowest BCUT2D eigenvalue weighted by atomic mass is 10.1. The summed E-state index contributed by atoms with van der Waals surface area (Å²) in [5.41, 5.74) is 2.82. The van der Waals surface area contributed by atoms with E-state index in [0.29, 0.717) is 22.5 Å². The van der Waals surface area contributed by atoms with E-state index in [-0.39, 0.29) is 5.56 Å². The second-order valence-electron chi connectivity index (χ2n) is 7.14. The number of pyridine rings is 1. The SMILES string of the molecule is Cc1cccn2c(NC(=O)c3cc4cc(Br)ccc4oc3=O)c(-c3ccccc3)nc12. The third-order valence-corrected chi connectivity index (χ3v) is 5.56. The monoisotopic (exact) mass is 473 g/mol. The smallest absolute Gasteiger partial charge is 0.349 e. The Morgan fingerprint density at radius 3 is 2.68 bits per heavy atom. The highest BCUT2D eigenvalue weighted by atomic mass is 79.9. The first-order chi connectivity index (χ1) is 15.0. The second kappa shape index (κ2) is 7.52. The molecule has 5 rings (SSSR count). The molecular formula is C24H16BrN3O3. The van der Waals surface area contributed by atoms with E-state index in [1.165, 1.54) is 6.07 Å². The van der Waals surface area contributed by atoms with Gasteiger partial charge in [0.25, 0.3) is 5.91 Å². The predicted octanol–water partition coefficient (Wildman–Crippen LogP) is 5.43. The van der Waals surface area contributed by atoms with E-state index in [2.05, 4.69) is 21.2 Å². The third kappa shape index (κ3) is 3.43. The van der Waals surface area contributed by atoms with E-state index in [1.54, 1.807) is 18.2 Å². The van der Waals surface area contributed by atoms with Crippen LogP contribution in [0.1, 0.15) is 15.9 Å². The number of amides is 1. The van der Waals surface area contributed by atoms with Crippen molar-refractivity contribution < 1.29 is 9.21 Å². The molecule has 5 aromatic rings. The van der Waals surface area contributed by atoms with Crippen LogP contribution in [-0.2, 0) is 0 Å². The number of nitrogens with zero attached hydrogens (tertiary/aromatic N) is 2. The molecule has 31 heavy (non-hydrogen) atoms. The molecule has 152 valence electrons. The molecule has 0 fully saturated rings. The highest BCUT2D eigenvalue weighted by molar-refractivity contribution is 9.10. The van der Waals surface area contributed by atoms with E-state index in [9.17, 15) is 9.59 Å². The summed E-state index contributed by atoms with van der Waals surface area (Å²) < 4.78 is 7.99. The molecule has 2 aromatic carbocycles. The normalized spacial score (nSPS) is 11.2. The zero-order chi connectivity index (χ0) is 21.5. The Morgan fingerprint density at radius 2 is 1.87 bits per heavy atom. The molecule has 0 bridgehead atoms. The van der Waals surface area contributed by atoms with E-state index in [0.717, 1.165) is 21.2 Å². The number of nitrogens with one attached hydrogen (secondary N) is 1. The van der Waals surface area contributed by atoms with Crippen molar-refractivity contribution >= 4 is 44.3 Å². The van der Waals surface area contributed by atoms with Gasteiger partial charge in [-0.3, -0.25) is 9.20 Å². The van der Waals surface area contributed by atoms with Crippen LogP contribution in [0.2, 0.25) is 0 Å². The Kier molecular flexibility index (Phi) is 4.67. The molecule has 0 spiro atoms. The summed E-state index contributed by atoms with van der Waals surface area (Å²) in [5.74, 6) is -0.0697. The number of aryl methyl sites for hydroxylation is 1. The van der Waals surface area contributed by atoms with Crippen LogP contribution in [0.4, 0.5) is 5.82 Å². The molecule has 0 unspecified atom stereocenters. The summed E-state index contributed by atoms with van der Waals surface area (Å²) in [5, 5.41) is 3.53. The molecule has 7 heteroatoms. The van der Waals surface area contributed by atoms with Crippen molar-refractivity contribution in [1.82, 2.24) is 9.38 Å². The number of hydrogen-bond donors (Lipinski definition) is 1. The van der Waals surface area contributed by atoms with Crippen molar-refractivity contribution in [2.24, 2.45) is 0 Å². The lowest BCUT2D eigenvalue weighted by molar-refractivity contribution is 0.102. The van der Waals surface area contributed by atoms with Crippen molar-refractivity contribution in [2.45, 2.75) is 6.92 Å². The fourth-order valence-corrected chi connectivity index (χ4v) is 3.93. The van der Waals surface area contributed by atoms with Gasteiger partial charge < -0.3 is 9.73 Å². The Hall–Kier alpha value is -3.71. The second-order valence-corrected chi connectivity index (χ2v) is 8.06. The zero-order valence-corrected chi connectivity index (χ0v) is 18.0. The number of imidazole rings is 1. The number of anilines is 1. The van der Waals surface area contributed by atoms with Crippen LogP contribution in [-0.4, -0.2) is 15.3 Å². The lowest BCUT2D eigenvalue weighted by Crippen LogP contribution is -2.21. The molecule has 0 atom stereocenters. The topological polar surface area (TPSA) is 76.6 Å². The van der Waals surface area contributed by atoms with Gasteiger partial charge in [-0.15, -0.1) is 0 Å². The van der Waals surface area contributed by atoms with Gasteiger partial charge in [0, 0.05) is 21.6 Å². The van der Waals surface area contributed by atoms with E-state index >= 15 is 0 Å². The Balaban J connectivity index is 1.65. The largest absolute Gasteiger partial charge is 0.422 e. The third-order valence-electron chi connectivity index (χ3n) is 5.06. The minimum Gasteiger partial charge on any atom is -0.422 e. The summed E-state index contributed by atoms with van der Waals surface area (Å²) in [7, 11) is 0. The molecule has 0 aliphatic heterocycles. The fourth-order valence-electron chi connectivity index (χ4n) is 3.55. The van der Waals surface area contributed by atoms with Crippen LogP contribution < -0.4 is 10.9 Å². The van der Waals surface area contributed by atoms with Gasteiger partial charge in [-0.05, 0) is 42.8 Å². The molecule has 0 saturated carbocycles. The lowest BCUT2D eigenvalue weighted by Gasteiger charge is -2.08. The molecule has 3 aromatic heterocycles. The van der Waals surface area contributed by atoms with Crippen LogP contribution in [0.15, 0.2) is 86.6 Å². The summed E-state index contributed by atoms with van der Waals surface area (Å²) in [4.78, 5) is 30.4. The molecular weight excluding hydrogens is 458 g/mol. The van der Waals surface area contributed by atoms with E-state index < -0.39 is 11.5 Å². The predicted molar refractivity (Wildman–Crippen MR) is 124 cm³/mol. The van der Waals surface area contributed by atoms with Crippen molar-refractivity contribution in [3.05, 3.63) is 98.9 Å². The average molecular weight is 474 g/mol. The van der Waals surface area contributed by atoms with Gasteiger partial charge in [-0.25, -0.2) is 9.78 Å². The number of carbonyl (C=O) groups excluding carboxylic acids is 1. The van der Waals surface area contributed by atoms with Crippen LogP contribution in [0.25, 0.3) is 27.9 Å². The van der Waals surface area contributed by atoms with Gasteiger partial charge in [-0.1, -0.05) is 52.3 Å². The first-order valence-corrected chi connectivity index (χ1v) is 10.4. The molecule has 0 saturated heterocycles. The number of benzene rings is 2. The standard InChI is InChI=1S/C24H16BrN3O3/c1-14-6-5-11-28-21(14)26-20(15-7-3-2-4-8-15)22(28)27-23(29)18-13-16-12-17(25)9-10-19(16)31-24(18)30/h2-13H,1H3,(H,27,29). The first kappa shape index (κ1) is 19.3. The van der Waals surface area contributed by atoms with Crippen molar-refractivity contribution in [3.63, 3.8) is 0 Å². The van der Waals surface area contributed by atoms with Gasteiger partial charge in [0.15, 0.2) is 0 Å². The molecule has 6 nitrogen and oxygen atoms in total. The van der Waals surface area contributed by atoms with Gasteiger partial charge in [0.1, 0.15) is 28.3 Å². The molecule has 0 aliphatic carbocycles. The van der Waals surface area contributed by atoms with Gasteiger partial charge in [0.2, 0.25) is 0 Å². The number of hydrogen-bond acceptors (Lipinski definition) is 4. The summed E-state index contributed by atoms with van der Waals surface area (Å²) >= 11 is 3.40. The summed E-state index contributed by atoms with van der Waals surface area (Å²) in [6.45, 7) is 1.96. The quantitative estimate of drug-likeness (QED) is 0.354. The Morgan fingerprint density at radius 1 is 1.06 bits per heavy atom. The molecule has 1 N–H and O–H groups in total. The van der Waals surface area contributed by atoms with E-state index in [1.807, 2.05) is 60.0 Å². The van der Waals surface area contributed by atoms with Crippen molar-refractivity contribution in [2.75, 3.05) is 5.32 Å². The molecule has 0 aliphatic rings. The van der Waals surface area contributed by atoms with Crippen LogP contribution in [0.5, 0.6) is 0 Å². The zero-order valence-electron chi connectivity index (χ0n) is 16.4. The van der Waals surface area contributed by atoms with Crippen molar-refractivity contribution in [1.29, 1.82) is 0 Å². The van der Waals surface area contributed by atoms with Gasteiger partial charge >= 0.3 is 5.63 Å². The van der Waals surface area contributed by atoms with Crippen LogP contribution in [0, 0.1) is 6.92 Å². The summed E-state index contributed by atoms with van der Waals surface area (Å²) in [6.07, 6.45) is 1.83. The van der Waals surface area contributed by atoms with Crippen LogP contribution >= 0.6 is 15.9 Å². The van der Waals surface area contributed by atoms with Gasteiger partial charge in [-0.2, -0.15) is 0 Å². The maximum atomic E-state index is 13.1. The minimum atomic E-state index is -0.696. The fraction of sp³-hybridized carbons (Fsp3) is 0.0417. The number of rotatable bonds is 3. The Labute approximate surface area is 185 Å². The van der Waals surface area contributed by atoms with E-state index in [4.69, 9.17) is 9.40 Å². The number of fused-ring (bicyclic) bond motifs is 2. The van der Waals surface area contributed by atoms with Crippen LogP contribution in [0.3, 0.4) is 0 Å². The number of halogens is 1. The first-order valence-electron chi connectivity index (χ1n) is 9.59. The Bertz CT molecular complexity index is 1520. The minimum absolute atomic E-state index is 0.0767.